The van der Waals surface area contributed by atoms with Gasteiger partial charge in [-0.1, -0.05) is 54.6 Å². The molecule has 166 valence electrons. The molecule has 0 radical (unpaired) electrons. The van der Waals surface area contributed by atoms with Gasteiger partial charge in [0.1, 0.15) is 16.7 Å². The molecule has 0 atom stereocenters. The van der Waals surface area contributed by atoms with Gasteiger partial charge in [-0.2, -0.15) is 0 Å². The average Bonchev–Trinajstić information content (AvgIpc) is 3.68. The number of furan rings is 1. The van der Waals surface area contributed by atoms with Gasteiger partial charge in [0.2, 0.25) is 11.6 Å². The molecule has 0 fully saturated rings. The molecule has 0 unspecified atom stereocenters. The lowest BCUT2D eigenvalue weighted by Gasteiger charge is -2.01. The number of aromatic nitrogens is 5. The Bertz CT molecular complexity index is 2540. The average molecular weight is 461 g/mol. The summed E-state index contributed by atoms with van der Waals surface area (Å²) in [4.78, 5) is 10.3. The molecule has 0 amide bonds. The van der Waals surface area contributed by atoms with E-state index >= 15 is 0 Å². The first kappa shape index (κ1) is 17.4. The Balaban J connectivity index is 1.45. The molecule has 0 spiro atoms. The SMILES string of the molecule is c1ccc2c(c1)ccc1nc3n(c4cccc5c4n3c3nc4cc6c(cc4n53)oc3ccccc36)c12. The maximum absolute atomic E-state index is 6.21. The summed E-state index contributed by atoms with van der Waals surface area (Å²) < 4.78 is 12.9. The second-order valence-corrected chi connectivity index (χ2v) is 9.56. The van der Waals surface area contributed by atoms with E-state index in [1.807, 2.05) is 18.2 Å². The number of hydrogen-bond acceptors (Lipinski definition) is 3. The molecule has 0 saturated carbocycles. The first-order valence-electron chi connectivity index (χ1n) is 12.0. The molecular formula is C30H15N5O. The second kappa shape index (κ2) is 5.58. The van der Waals surface area contributed by atoms with Gasteiger partial charge in [0.05, 0.1) is 33.1 Å². The summed E-state index contributed by atoms with van der Waals surface area (Å²) >= 11 is 0. The summed E-state index contributed by atoms with van der Waals surface area (Å²) in [5.74, 6) is 1.75. The normalized spacial score (nSPS) is 13.0. The highest BCUT2D eigenvalue weighted by atomic mass is 16.3. The Labute approximate surface area is 201 Å². The zero-order chi connectivity index (χ0) is 23.1. The van der Waals surface area contributed by atoms with E-state index in [1.54, 1.807) is 0 Å². The van der Waals surface area contributed by atoms with Gasteiger partial charge in [0.15, 0.2) is 0 Å². The van der Waals surface area contributed by atoms with Crippen molar-refractivity contribution in [1.82, 2.24) is 23.2 Å². The van der Waals surface area contributed by atoms with E-state index in [9.17, 15) is 0 Å². The molecule has 6 nitrogen and oxygen atoms in total. The van der Waals surface area contributed by atoms with Crippen LogP contribution >= 0.6 is 0 Å². The first-order valence-corrected chi connectivity index (χ1v) is 12.0. The Hall–Kier alpha value is -5.10. The van der Waals surface area contributed by atoms with Gasteiger partial charge in [-0.3, -0.25) is 8.80 Å². The Kier molecular flexibility index (Phi) is 2.69. The van der Waals surface area contributed by atoms with Crippen LogP contribution in [0.5, 0.6) is 0 Å². The topological polar surface area (TPSA) is 52.2 Å². The van der Waals surface area contributed by atoms with Crippen LogP contribution in [0.3, 0.4) is 0 Å². The van der Waals surface area contributed by atoms with Crippen molar-refractivity contribution in [2.75, 3.05) is 0 Å². The fourth-order valence-electron chi connectivity index (χ4n) is 6.27. The lowest BCUT2D eigenvalue weighted by atomic mass is 10.1. The van der Waals surface area contributed by atoms with Crippen LogP contribution in [0.2, 0.25) is 0 Å². The van der Waals surface area contributed by atoms with E-state index in [-0.39, 0.29) is 0 Å². The summed E-state index contributed by atoms with van der Waals surface area (Å²) in [5, 5.41) is 4.61. The summed E-state index contributed by atoms with van der Waals surface area (Å²) in [6.07, 6.45) is 0. The van der Waals surface area contributed by atoms with Crippen molar-refractivity contribution in [3.05, 3.63) is 91.0 Å². The van der Waals surface area contributed by atoms with Gasteiger partial charge in [-0.05, 0) is 35.7 Å². The summed E-state index contributed by atoms with van der Waals surface area (Å²) in [5.41, 5.74) is 9.24. The largest absolute Gasteiger partial charge is 0.456 e. The lowest BCUT2D eigenvalue weighted by molar-refractivity contribution is 0.669. The van der Waals surface area contributed by atoms with Crippen molar-refractivity contribution < 1.29 is 4.42 Å². The second-order valence-electron chi connectivity index (χ2n) is 9.56. The van der Waals surface area contributed by atoms with Gasteiger partial charge < -0.3 is 4.42 Å². The number of benzene rings is 5. The Morgan fingerprint density at radius 1 is 0.500 bits per heavy atom. The van der Waals surface area contributed by atoms with E-state index in [0.717, 1.165) is 72.1 Å². The minimum absolute atomic E-state index is 0.864. The maximum atomic E-state index is 6.21. The van der Waals surface area contributed by atoms with Crippen molar-refractivity contribution in [3.63, 3.8) is 0 Å². The van der Waals surface area contributed by atoms with Crippen LogP contribution in [0.25, 0.3) is 82.9 Å². The van der Waals surface area contributed by atoms with Crippen molar-refractivity contribution >= 4 is 82.9 Å². The zero-order valence-corrected chi connectivity index (χ0v) is 18.8. The third kappa shape index (κ3) is 1.80. The molecule has 0 saturated heterocycles. The highest BCUT2D eigenvalue weighted by Crippen LogP contribution is 2.38. The van der Waals surface area contributed by atoms with Crippen LogP contribution in [-0.4, -0.2) is 23.2 Å². The lowest BCUT2D eigenvalue weighted by Crippen LogP contribution is -1.87. The minimum Gasteiger partial charge on any atom is -0.456 e. The molecule has 36 heavy (non-hydrogen) atoms. The van der Waals surface area contributed by atoms with Crippen LogP contribution in [-0.2, 0) is 0 Å². The molecule has 0 aliphatic carbocycles. The predicted octanol–water partition coefficient (Wildman–Crippen LogP) is 7.18. The molecule has 10 rings (SSSR count). The van der Waals surface area contributed by atoms with Crippen molar-refractivity contribution in [2.45, 2.75) is 0 Å². The molecular weight excluding hydrogens is 446 g/mol. The molecule has 0 N–H and O–H groups in total. The molecule has 6 heteroatoms. The smallest absolute Gasteiger partial charge is 0.223 e. The fraction of sp³-hybridized carbons (Fsp3) is 0. The number of para-hydroxylation sites is 2. The maximum Gasteiger partial charge on any atom is 0.223 e. The molecule has 0 bridgehead atoms. The third-order valence-corrected chi connectivity index (χ3v) is 7.76. The van der Waals surface area contributed by atoms with Crippen LogP contribution in [0.15, 0.2) is 95.4 Å². The van der Waals surface area contributed by atoms with Crippen LogP contribution in [0.4, 0.5) is 0 Å². The summed E-state index contributed by atoms with van der Waals surface area (Å²) in [7, 11) is 0. The summed E-state index contributed by atoms with van der Waals surface area (Å²) in [6.45, 7) is 0. The number of imidazole rings is 4. The Morgan fingerprint density at radius 2 is 1.28 bits per heavy atom. The molecule has 0 aliphatic rings. The van der Waals surface area contributed by atoms with Gasteiger partial charge in [0, 0.05) is 22.2 Å². The standard InChI is InChI=1S/C30H15N5O/c1-2-7-17-16(6-1)12-13-20-27(17)34-23-10-5-9-22-28(23)35(30(34)31-20)29-32-21-14-19-18-8-3-4-11-25(18)36-26(19)15-24(21)33(22)29/h1-15H. The van der Waals surface area contributed by atoms with Crippen molar-refractivity contribution in [2.24, 2.45) is 0 Å². The predicted molar refractivity (Wildman–Crippen MR) is 143 cm³/mol. The number of rotatable bonds is 0. The van der Waals surface area contributed by atoms with Gasteiger partial charge >= 0.3 is 0 Å². The van der Waals surface area contributed by atoms with Crippen molar-refractivity contribution in [3.8, 4) is 0 Å². The quantitative estimate of drug-likeness (QED) is 0.240. The molecule has 5 aromatic carbocycles. The Morgan fingerprint density at radius 3 is 2.22 bits per heavy atom. The minimum atomic E-state index is 0.864. The van der Waals surface area contributed by atoms with E-state index in [1.165, 1.54) is 10.8 Å². The first-order chi connectivity index (χ1) is 17.8. The highest BCUT2D eigenvalue weighted by Gasteiger charge is 2.24. The van der Waals surface area contributed by atoms with Crippen LogP contribution < -0.4 is 0 Å². The fourth-order valence-corrected chi connectivity index (χ4v) is 6.27. The monoisotopic (exact) mass is 461 g/mol. The number of hydrogen-bond donors (Lipinski definition) is 0. The van der Waals surface area contributed by atoms with Gasteiger partial charge in [-0.15, -0.1) is 0 Å². The number of nitrogens with zero attached hydrogens (tertiary/aromatic N) is 5. The molecule has 0 aliphatic heterocycles. The van der Waals surface area contributed by atoms with Gasteiger partial charge in [0.25, 0.3) is 0 Å². The van der Waals surface area contributed by atoms with E-state index in [2.05, 4.69) is 86.0 Å². The van der Waals surface area contributed by atoms with E-state index in [0.29, 0.717) is 0 Å². The van der Waals surface area contributed by atoms with Crippen molar-refractivity contribution in [1.29, 1.82) is 0 Å². The van der Waals surface area contributed by atoms with E-state index in [4.69, 9.17) is 14.4 Å². The molecule has 10 aromatic rings. The van der Waals surface area contributed by atoms with E-state index < -0.39 is 0 Å². The zero-order valence-electron chi connectivity index (χ0n) is 18.8. The van der Waals surface area contributed by atoms with Gasteiger partial charge in [-0.25, -0.2) is 14.4 Å². The molecule has 5 heterocycles. The molecule has 5 aromatic heterocycles. The van der Waals surface area contributed by atoms with Crippen LogP contribution in [0.1, 0.15) is 0 Å². The number of fused-ring (bicyclic) bond motifs is 15. The third-order valence-electron chi connectivity index (χ3n) is 7.76. The summed E-state index contributed by atoms with van der Waals surface area (Å²) in [6, 6.07) is 31.7. The van der Waals surface area contributed by atoms with Crippen LogP contribution in [0, 0.1) is 0 Å². The highest BCUT2D eigenvalue weighted by molar-refractivity contribution is 6.12.